The summed E-state index contributed by atoms with van der Waals surface area (Å²) in [6, 6.07) is 1.29. The number of nitrogens with one attached hydrogen (secondary N) is 1. The molecule has 0 bridgehead atoms. The van der Waals surface area contributed by atoms with E-state index in [2.05, 4.69) is 15.3 Å². The zero-order chi connectivity index (χ0) is 10.9. The van der Waals surface area contributed by atoms with Crippen LogP contribution < -0.4 is 5.32 Å². The van der Waals surface area contributed by atoms with Crippen LogP contribution in [0.3, 0.4) is 0 Å². The Bertz CT molecular complexity index is 457. The lowest BCUT2D eigenvalue weighted by Crippen LogP contribution is -2.24. The van der Waals surface area contributed by atoms with E-state index in [0.717, 1.165) is 12.9 Å². The molecule has 0 aliphatic carbocycles. The second kappa shape index (κ2) is 4.03. The van der Waals surface area contributed by atoms with Gasteiger partial charge in [0.2, 0.25) is 0 Å². The van der Waals surface area contributed by atoms with Crippen molar-refractivity contribution in [1.29, 1.82) is 0 Å². The summed E-state index contributed by atoms with van der Waals surface area (Å²) < 4.78 is 24.0. The topological polar surface area (TPSA) is 72.0 Å². The lowest BCUT2D eigenvalue weighted by molar-refractivity contribution is 0.578. The van der Waals surface area contributed by atoms with Crippen LogP contribution in [0.15, 0.2) is 17.4 Å². The third-order valence-corrected chi connectivity index (χ3v) is 4.65. The number of hydrogen-bond acceptors (Lipinski definition) is 5. The SMILES string of the molecule is O=S(=O)(c1cc(Cl)ncn1)[C@H]1CCNC1. The number of halogens is 1. The molecule has 82 valence electrons. The molecule has 1 N–H and O–H groups in total. The summed E-state index contributed by atoms with van der Waals surface area (Å²) in [6.45, 7) is 1.20. The van der Waals surface area contributed by atoms with Gasteiger partial charge in [-0.05, 0) is 13.0 Å². The van der Waals surface area contributed by atoms with Crippen LogP contribution in [0, 0.1) is 0 Å². The van der Waals surface area contributed by atoms with Gasteiger partial charge in [-0.15, -0.1) is 0 Å². The molecule has 2 heterocycles. The number of aromatic nitrogens is 2. The number of hydrogen-bond donors (Lipinski definition) is 1. The van der Waals surface area contributed by atoms with Crippen molar-refractivity contribution in [3.8, 4) is 0 Å². The number of rotatable bonds is 2. The van der Waals surface area contributed by atoms with Crippen LogP contribution in [0.4, 0.5) is 0 Å². The van der Waals surface area contributed by atoms with Crippen LogP contribution in [-0.2, 0) is 9.84 Å². The fourth-order valence-electron chi connectivity index (χ4n) is 1.54. The minimum Gasteiger partial charge on any atom is -0.315 e. The first-order valence-electron chi connectivity index (χ1n) is 4.53. The average Bonchev–Trinajstić information content (AvgIpc) is 2.71. The standard InChI is InChI=1S/C8H10ClN3O2S/c9-7-3-8(12-5-11-7)15(13,14)6-1-2-10-4-6/h3,5-6,10H,1-2,4H2/t6-/m0/s1. The maximum absolute atomic E-state index is 12.0. The van der Waals surface area contributed by atoms with Crippen molar-refractivity contribution < 1.29 is 8.42 Å². The zero-order valence-corrected chi connectivity index (χ0v) is 9.42. The molecule has 1 aromatic rings. The van der Waals surface area contributed by atoms with E-state index in [9.17, 15) is 8.42 Å². The van der Waals surface area contributed by atoms with Gasteiger partial charge in [0.1, 0.15) is 11.5 Å². The molecular formula is C8H10ClN3O2S. The molecule has 0 amide bonds. The van der Waals surface area contributed by atoms with Crippen molar-refractivity contribution >= 4 is 21.4 Å². The van der Waals surface area contributed by atoms with Crippen LogP contribution in [0.1, 0.15) is 6.42 Å². The third-order valence-electron chi connectivity index (χ3n) is 2.35. The van der Waals surface area contributed by atoms with Gasteiger partial charge < -0.3 is 5.32 Å². The molecular weight excluding hydrogens is 238 g/mol. The molecule has 2 rings (SSSR count). The summed E-state index contributed by atoms with van der Waals surface area (Å²) in [4.78, 5) is 7.40. The summed E-state index contributed by atoms with van der Waals surface area (Å²) in [7, 11) is -3.36. The van der Waals surface area contributed by atoms with E-state index in [4.69, 9.17) is 11.6 Å². The molecule has 0 radical (unpaired) electrons. The highest BCUT2D eigenvalue weighted by Crippen LogP contribution is 2.19. The zero-order valence-electron chi connectivity index (χ0n) is 7.85. The van der Waals surface area contributed by atoms with Crippen LogP contribution in [0.2, 0.25) is 5.15 Å². The Kier molecular flexibility index (Phi) is 2.90. The van der Waals surface area contributed by atoms with Crippen molar-refractivity contribution in [2.24, 2.45) is 0 Å². The van der Waals surface area contributed by atoms with E-state index >= 15 is 0 Å². The van der Waals surface area contributed by atoms with Gasteiger partial charge in [-0.2, -0.15) is 0 Å². The first kappa shape index (κ1) is 10.8. The van der Waals surface area contributed by atoms with Gasteiger partial charge in [0.05, 0.1) is 5.25 Å². The summed E-state index contributed by atoms with van der Waals surface area (Å²) in [5, 5.41) is 2.77. The first-order valence-corrected chi connectivity index (χ1v) is 6.45. The predicted octanol–water partition coefficient (Wildman–Crippen LogP) is 0.266. The molecule has 1 aromatic heterocycles. The lowest BCUT2D eigenvalue weighted by Gasteiger charge is -2.08. The Balaban J connectivity index is 2.36. The minimum atomic E-state index is -3.36. The third kappa shape index (κ3) is 2.11. The highest BCUT2D eigenvalue weighted by atomic mass is 35.5. The Morgan fingerprint density at radius 2 is 2.27 bits per heavy atom. The lowest BCUT2D eigenvalue weighted by atomic mass is 10.4. The van der Waals surface area contributed by atoms with Crippen LogP contribution in [0.25, 0.3) is 0 Å². The fourth-order valence-corrected chi connectivity index (χ4v) is 3.33. The van der Waals surface area contributed by atoms with Crippen molar-refractivity contribution in [1.82, 2.24) is 15.3 Å². The molecule has 1 saturated heterocycles. The van der Waals surface area contributed by atoms with Crippen LogP contribution >= 0.6 is 11.6 Å². The number of sulfone groups is 1. The Morgan fingerprint density at radius 1 is 1.47 bits per heavy atom. The molecule has 1 aliphatic heterocycles. The normalized spacial score (nSPS) is 21.8. The average molecular weight is 248 g/mol. The van der Waals surface area contributed by atoms with Crippen molar-refractivity contribution in [3.63, 3.8) is 0 Å². The summed E-state index contributed by atoms with van der Waals surface area (Å²) in [5.41, 5.74) is 0. The maximum atomic E-state index is 12.0. The van der Waals surface area contributed by atoms with Gasteiger partial charge >= 0.3 is 0 Å². The summed E-state index contributed by atoms with van der Waals surface area (Å²) in [5.74, 6) is 0. The van der Waals surface area contributed by atoms with Gasteiger partial charge in [-0.3, -0.25) is 0 Å². The van der Waals surface area contributed by atoms with Crippen molar-refractivity contribution in [2.45, 2.75) is 16.7 Å². The van der Waals surface area contributed by atoms with Gasteiger partial charge in [0.15, 0.2) is 14.9 Å². The highest BCUT2D eigenvalue weighted by molar-refractivity contribution is 7.92. The molecule has 1 fully saturated rings. The second-order valence-corrected chi connectivity index (χ2v) is 5.90. The van der Waals surface area contributed by atoms with Gasteiger partial charge in [-0.1, -0.05) is 11.6 Å². The second-order valence-electron chi connectivity index (χ2n) is 3.34. The van der Waals surface area contributed by atoms with E-state index in [1.54, 1.807) is 0 Å². The maximum Gasteiger partial charge on any atom is 0.199 e. The monoisotopic (exact) mass is 247 g/mol. The van der Waals surface area contributed by atoms with Gasteiger partial charge in [0, 0.05) is 12.6 Å². The van der Waals surface area contributed by atoms with Crippen LogP contribution in [0.5, 0.6) is 0 Å². The van der Waals surface area contributed by atoms with E-state index in [1.807, 2.05) is 0 Å². The molecule has 15 heavy (non-hydrogen) atoms. The van der Waals surface area contributed by atoms with Crippen molar-refractivity contribution in [3.05, 3.63) is 17.5 Å². The largest absolute Gasteiger partial charge is 0.315 e. The quantitative estimate of drug-likeness (QED) is 0.760. The molecule has 7 heteroatoms. The Labute approximate surface area is 92.8 Å². The fraction of sp³-hybridized carbons (Fsp3) is 0.500. The van der Waals surface area contributed by atoms with E-state index in [1.165, 1.54) is 6.07 Å². The molecule has 0 saturated carbocycles. The van der Waals surface area contributed by atoms with Crippen LogP contribution in [-0.4, -0.2) is 36.7 Å². The van der Waals surface area contributed by atoms with Gasteiger partial charge in [-0.25, -0.2) is 18.4 Å². The van der Waals surface area contributed by atoms with Crippen molar-refractivity contribution in [2.75, 3.05) is 13.1 Å². The molecule has 1 atom stereocenters. The first-order chi connectivity index (χ1) is 7.10. The summed E-state index contributed by atoms with van der Waals surface area (Å²) in [6.07, 6.45) is 1.78. The Hall–Kier alpha value is -0.720. The number of nitrogens with zero attached hydrogens (tertiary/aromatic N) is 2. The molecule has 0 unspecified atom stereocenters. The summed E-state index contributed by atoms with van der Waals surface area (Å²) >= 11 is 5.63. The smallest absolute Gasteiger partial charge is 0.199 e. The van der Waals surface area contributed by atoms with E-state index in [0.29, 0.717) is 13.0 Å². The van der Waals surface area contributed by atoms with E-state index in [-0.39, 0.29) is 10.2 Å². The predicted molar refractivity (Wildman–Crippen MR) is 55.5 cm³/mol. The minimum absolute atomic E-state index is 0.0104. The van der Waals surface area contributed by atoms with E-state index < -0.39 is 15.1 Å². The molecule has 1 aliphatic rings. The molecule has 5 nitrogen and oxygen atoms in total. The molecule has 0 spiro atoms. The molecule has 0 aromatic carbocycles. The van der Waals surface area contributed by atoms with Gasteiger partial charge in [0.25, 0.3) is 0 Å². The Morgan fingerprint density at radius 3 is 2.87 bits per heavy atom. The highest BCUT2D eigenvalue weighted by Gasteiger charge is 2.31.